The highest BCUT2D eigenvalue weighted by Gasteiger charge is 2.38. The van der Waals surface area contributed by atoms with Crippen LogP contribution in [0.4, 0.5) is 13.2 Å². The summed E-state index contributed by atoms with van der Waals surface area (Å²) in [6.07, 6.45) is -2.79. The lowest BCUT2D eigenvalue weighted by Gasteiger charge is -2.18. The fraction of sp³-hybridized carbons (Fsp3) is 0.571. The highest BCUT2D eigenvalue weighted by molar-refractivity contribution is 7.09. The number of aromatic nitrogens is 1. The van der Waals surface area contributed by atoms with Gasteiger partial charge in [0.15, 0.2) is 0 Å². The highest BCUT2D eigenvalue weighted by atomic mass is 32.1. The van der Waals surface area contributed by atoms with Gasteiger partial charge < -0.3 is 5.32 Å². The van der Waals surface area contributed by atoms with Gasteiger partial charge in [0.1, 0.15) is 6.04 Å². The van der Waals surface area contributed by atoms with E-state index >= 15 is 0 Å². The summed E-state index contributed by atoms with van der Waals surface area (Å²) < 4.78 is 36.7. The molecule has 1 heterocycles. The van der Waals surface area contributed by atoms with Crippen molar-refractivity contribution in [2.24, 2.45) is 0 Å². The Kier molecular flexibility index (Phi) is 3.27. The number of likely N-dealkylation sites (N-methyl/N-ethyl adjacent to an activating group) is 1. The van der Waals surface area contributed by atoms with Crippen LogP contribution in [0.2, 0.25) is 0 Å². The zero-order valence-corrected chi connectivity index (χ0v) is 7.75. The van der Waals surface area contributed by atoms with E-state index in [4.69, 9.17) is 0 Å². The quantitative estimate of drug-likeness (QED) is 0.823. The Morgan fingerprint density at radius 1 is 1.62 bits per heavy atom. The molecule has 0 radical (unpaired) electrons. The predicted molar refractivity (Wildman–Crippen MR) is 44.7 cm³/mol. The minimum absolute atomic E-state index is 0.0509. The normalized spacial score (nSPS) is 14.5. The Morgan fingerprint density at radius 2 is 2.31 bits per heavy atom. The summed E-state index contributed by atoms with van der Waals surface area (Å²) >= 11 is 1.23. The summed E-state index contributed by atoms with van der Waals surface area (Å²) in [5.74, 6) is 0. The molecule has 0 aromatic carbocycles. The van der Waals surface area contributed by atoms with Crippen LogP contribution in [0.15, 0.2) is 11.7 Å². The summed E-state index contributed by atoms with van der Waals surface area (Å²) in [4.78, 5) is 4.35. The van der Waals surface area contributed by atoms with Crippen molar-refractivity contribution in [2.45, 2.75) is 18.6 Å². The van der Waals surface area contributed by atoms with E-state index in [0.717, 1.165) is 0 Å². The molecule has 1 unspecified atom stereocenters. The molecular formula is C7H9F3N2S. The summed E-state index contributed by atoms with van der Waals surface area (Å²) in [5, 5.41) is 2.23. The summed E-state index contributed by atoms with van der Waals surface area (Å²) in [5.41, 5.74) is 1.53. The topological polar surface area (TPSA) is 24.9 Å². The fourth-order valence-corrected chi connectivity index (χ4v) is 1.57. The first-order valence-corrected chi connectivity index (χ1v) is 4.53. The van der Waals surface area contributed by atoms with E-state index in [2.05, 4.69) is 10.3 Å². The molecule has 1 atom stereocenters. The molecule has 74 valence electrons. The minimum Gasteiger partial charge on any atom is -0.309 e. The van der Waals surface area contributed by atoms with Crippen LogP contribution in [0.5, 0.6) is 0 Å². The van der Waals surface area contributed by atoms with Crippen LogP contribution in [-0.4, -0.2) is 24.2 Å². The molecule has 0 bridgehead atoms. The fourth-order valence-electron chi connectivity index (χ4n) is 0.926. The molecule has 0 fully saturated rings. The van der Waals surface area contributed by atoms with Crippen LogP contribution in [0, 0.1) is 0 Å². The Hall–Kier alpha value is -0.620. The van der Waals surface area contributed by atoms with Gasteiger partial charge in [0.25, 0.3) is 0 Å². The molecule has 0 aliphatic rings. The van der Waals surface area contributed by atoms with E-state index in [0.29, 0.717) is 4.88 Å². The van der Waals surface area contributed by atoms with E-state index in [1.54, 1.807) is 0 Å². The first-order chi connectivity index (χ1) is 6.04. The number of nitrogens with one attached hydrogen (secondary N) is 1. The maximum absolute atomic E-state index is 12.2. The van der Waals surface area contributed by atoms with Gasteiger partial charge in [0.2, 0.25) is 0 Å². The average molecular weight is 210 g/mol. The van der Waals surface area contributed by atoms with Gasteiger partial charge in [-0.2, -0.15) is 13.2 Å². The molecule has 0 saturated carbocycles. The van der Waals surface area contributed by atoms with Gasteiger partial charge in [-0.3, -0.25) is 4.98 Å². The second-order valence-corrected chi connectivity index (χ2v) is 3.53. The number of alkyl halides is 3. The molecule has 0 aliphatic heterocycles. The summed E-state index contributed by atoms with van der Waals surface area (Å²) in [6.45, 7) is 0. The lowest BCUT2D eigenvalue weighted by molar-refractivity contribution is -0.154. The number of hydrogen-bond acceptors (Lipinski definition) is 3. The number of thiazole rings is 1. The van der Waals surface area contributed by atoms with Crippen molar-refractivity contribution >= 4 is 11.3 Å². The van der Waals surface area contributed by atoms with Gasteiger partial charge in [-0.15, -0.1) is 11.3 Å². The van der Waals surface area contributed by atoms with Gasteiger partial charge in [-0.1, -0.05) is 0 Å². The third-order valence-corrected chi connectivity index (χ3v) is 2.43. The van der Waals surface area contributed by atoms with Gasteiger partial charge >= 0.3 is 6.18 Å². The van der Waals surface area contributed by atoms with Crippen molar-refractivity contribution in [1.29, 1.82) is 0 Å². The Morgan fingerprint density at radius 3 is 2.69 bits per heavy atom. The third-order valence-electron chi connectivity index (χ3n) is 1.63. The molecule has 1 rings (SSSR count). The maximum Gasteiger partial charge on any atom is 0.404 e. The first kappa shape index (κ1) is 10.5. The van der Waals surface area contributed by atoms with Gasteiger partial charge in [-0.25, -0.2) is 0 Å². The largest absolute Gasteiger partial charge is 0.404 e. The highest BCUT2D eigenvalue weighted by Crippen LogP contribution is 2.23. The molecule has 0 spiro atoms. The van der Waals surface area contributed by atoms with Crippen molar-refractivity contribution < 1.29 is 13.2 Å². The predicted octanol–water partition coefficient (Wildman–Crippen LogP) is 1.84. The van der Waals surface area contributed by atoms with Crippen molar-refractivity contribution in [3.63, 3.8) is 0 Å². The molecule has 0 saturated heterocycles. The SMILES string of the molecule is CNC(Cc1cncs1)C(F)(F)F. The van der Waals surface area contributed by atoms with E-state index in [1.165, 1.54) is 30.1 Å². The molecule has 2 nitrogen and oxygen atoms in total. The number of hydrogen-bond donors (Lipinski definition) is 1. The van der Waals surface area contributed by atoms with Crippen molar-refractivity contribution in [3.05, 3.63) is 16.6 Å². The summed E-state index contributed by atoms with van der Waals surface area (Å²) in [6, 6.07) is -1.48. The molecule has 0 aliphatic carbocycles. The monoisotopic (exact) mass is 210 g/mol. The Balaban J connectivity index is 2.60. The van der Waals surface area contributed by atoms with Gasteiger partial charge in [0, 0.05) is 17.5 Å². The van der Waals surface area contributed by atoms with Crippen LogP contribution in [0.3, 0.4) is 0 Å². The van der Waals surface area contributed by atoms with Crippen molar-refractivity contribution in [3.8, 4) is 0 Å². The van der Waals surface area contributed by atoms with Crippen molar-refractivity contribution in [2.75, 3.05) is 7.05 Å². The Labute approximate surface area is 77.8 Å². The number of rotatable bonds is 3. The minimum atomic E-state index is -4.20. The molecule has 1 N–H and O–H groups in total. The van der Waals surface area contributed by atoms with E-state index in [-0.39, 0.29) is 6.42 Å². The lowest BCUT2D eigenvalue weighted by atomic mass is 10.2. The van der Waals surface area contributed by atoms with Crippen LogP contribution < -0.4 is 5.32 Å². The van der Waals surface area contributed by atoms with Gasteiger partial charge in [0.05, 0.1) is 5.51 Å². The van der Waals surface area contributed by atoms with E-state index in [9.17, 15) is 13.2 Å². The van der Waals surface area contributed by atoms with Crippen LogP contribution in [0.1, 0.15) is 4.88 Å². The molecule has 6 heteroatoms. The van der Waals surface area contributed by atoms with E-state index in [1.807, 2.05) is 0 Å². The zero-order valence-electron chi connectivity index (χ0n) is 6.93. The standard InChI is InChI=1S/C7H9F3N2S/c1-11-6(7(8,9)10)2-5-3-12-4-13-5/h3-4,6,11H,2H2,1H3. The molecule has 0 amide bonds. The lowest BCUT2D eigenvalue weighted by Crippen LogP contribution is -2.41. The maximum atomic E-state index is 12.2. The zero-order chi connectivity index (χ0) is 9.90. The van der Waals surface area contributed by atoms with Crippen molar-refractivity contribution in [1.82, 2.24) is 10.3 Å². The second-order valence-electron chi connectivity index (χ2n) is 2.55. The van der Waals surface area contributed by atoms with E-state index < -0.39 is 12.2 Å². The molecule has 1 aromatic rings. The van der Waals surface area contributed by atoms with Crippen LogP contribution >= 0.6 is 11.3 Å². The number of nitrogens with zero attached hydrogens (tertiary/aromatic N) is 1. The van der Waals surface area contributed by atoms with Crippen LogP contribution in [-0.2, 0) is 6.42 Å². The van der Waals surface area contributed by atoms with Crippen LogP contribution in [0.25, 0.3) is 0 Å². The second kappa shape index (κ2) is 4.06. The molecule has 13 heavy (non-hydrogen) atoms. The molecular weight excluding hydrogens is 201 g/mol. The Bertz CT molecular complexity index is 245. The van der Waals surface area contributed by atoms with Gasteiger partial charge in [-0.05, 0) is 7.05 Å². The average Bonchev–Trinajstić information content (AvgIpc) is 2.49. The smallest absolute Gasteiger partial charge is 0.309 e. The summed E-state index contributed by atoms with van der Waals surface area (Å²) in [7, 11) is 1.30. The number of halogens is 3. The molecule has 1 aromatic heterocycles. The third kappa shape index (κ3) is 2.96. The first-order valence-electron chi connectivity index (χ1n) is 3.65.